The Bertz CT molecular complexity index is 1330. The number of fused-ring (bicyclic) bond motifs is 1. The molecule has 0 saturated carbocycles. The first-order chi connectivity index (χ1) is 16.6. The third-order valence-corrected chi connectivity index (χ3v) is 5.78. The summed E-state index contributed by atoms with van der Waals surface area (Å²) in [5, 5.41) is 6.37. The number of allylic oxidation sites excluding steroid dienone is 1. The highest BCUT2D eigenvalue weighted by Crippen LogP contribution is 2.40. The molecule has 7 heteroatoms. The number of aliphatic imine (C=N–C) groups is 1. The van der Waals surface area contributed by atoms with E-state index in [9.17, 15) is 9.59 Å². The number of methoxy groups -OCH3 is 1. The number of para-hydroxylation sites is 1. The van der Waals surface area contributed by atoms with Gasteiger partial charge >= 0.3 is 5.97 Å². The average molecular weight is 450 g/mol. The number of Topliss-reactive ketones (excluding diaryl/α,β-unsaturated/α-hetero) is 1. The van der Waals surface area contributed by atoms with Crippen LogP contribution in [-0.2, 0) is 9.53 Å². The Morgan fingerprint density at radius 3 is 2.06 bits per heavy atom. The van der Waals surface area contributed by atoms with Gasteiger partial charge in [0.2, 0.25) is 17.6 Å². The van der Waals surface area contributed by atoms with Crippen molar-refractivity contribution in [3.63, 3.8) is 0 Å². The smallest absolute Gasteiger partial charge is 0.338 e. The second kappa shape index (κ2) is 8.78. The molecule has 2 heterocycles. The van der Waals surface area contributed by atoms with Crippen LogP contribution < -0.4 is 5.01 Å². The molecule has 0 fully saturated rings. The molecule has 2 aliphatic heterocycles. The Hall–Kier alpha value is -4.52. The predicted molar refractivity (Wildman–Crippen MR) is 130 cm³/mol. The first kappa shape index (κ1) is 21.3. The lowest BCUT2D eigenvalue weighted by Crippen LogP contribution is -2.46. The maximum atomic E-state index is 13.7. The van der Waals surface area contributed by atoms with Gasteiger partial charge in [-0.05, 0) is 24.6 Å². The first-order valence-corrected chi connectivity index (χ1v) is 10.9. The van der Waals surface area contributed by atoms with Crippen molar-refractivity contribution in [2.45, 2.75) is 13.0 Å². The van der Waals surface area contributed by atoms with E-state index in [1.54, 1.807) is 29.0 Å². The largest absolute Gasteiger partial charge is 0.466 e. The number of hydrazone groups is 1. The van der Waals surface area contributed by atoms with Gasteiger partial charge in [-0.2, -0.15) is 5.01 Å². The predicted octanol–water partition coefficient (Wildman–Crippen LogP) is 4.56. The summed E-state index contributed by atoms with van der Waals surface area (Å²) >= 11 is 0. The lowest BCUT2D eigenvalue weighted by atomic mass is 9.93. The van der Waals surface area contributed by atoms with E-state index in [0.29, 0.717) is 22.8 Å². The third kappa shape index (κ3) is 3.57. The Labute approximate surface area is 197 Å². The number of hydrogen-bond donors (Lipinski definition) is 0. The lowest BCUT2D eigenvalue weighted by Gasteiger charge is -2.35. The molecule has 0 aromatic heterocycles. The number of amidine groups is 1. The molecule has 0 bridgehead atoms. The molecule has 0 spiro atoms. The normalized spacial score (nSPS) is 17.2. The van der Waals surface area contributed by atoms with Gasteiger partial charge in [0.05, 0.1) is 30.1 Å². The van der Waals surface area contributed by atoms with Crippen molar-refractivity contribution in [3.8, 4) is 0 Å². The van der Waals surface area contributed by atoms with E-state index in [2.05, 4.69) is 0 Å². The number of carbonyl (C=O) groups is 2. The van der Waals surface area contributed by atoms with Crippen LogP contribution in [0.4, 0.5) is 5.69 Å². The summed E-state index contributed by atoms with van der Waals surface area (Å²) in [6, 6.07) is 27.3. The molecule has 0 amide bonds. The fraction of sp³-hybridized carbons (Fsp3) is 0.111. The van der Waals surface area contributed by atoms with Crippen LogP contribution in [0.5, 0.6) is 0 Å². The van der Waals surface area contributed by atoms with Gasteiger partial charge in [0.15, 0.2) is 0 Å². The molecule has 3 aromatic carbocycles. The Morgan fingerprint density at radius 1 is 0.853 bits per heavy atom. The highest BCUT2D eigenvalue weighted by atomic mass is 16.5. The molecule has 34 heavy (non-hydrogen) atoms. The summed E-state index contributed by atoms with van der Waals surface area (Å²) in [5.41, 5.74) is 2.94. The van der Waals surface area contributed by atoms with Gasteiger partial charge in [-0.15, -0.1) is 5.10 Å². The number of guanidine groups is 1. The van der Waals surface area contributed by atoms with E-state index < -0.39 is 12.0 Å². The quantitative estimate of drug-likeness (QED) is 0.421. The Kier molecular flexibility index (Phi) is 5.51. The highest BCUT2D eigenvalue weighted by Gasteiger charge is 2.46. The minimum Gasteiger partial charge on any atom is -0.466 e. The summed E-state index contributed by atoms with van der Waals surface area (Å²) in [6.07, 6.45) is 0. The van der Waals surface area contributed by atoms with E-state index >= 15 is 0 Å². The molecule has 0 N–H and O–H groups in total. The van der Waals surface area contributed by atoms with Gasteiger partial charge in [0.1, 0.15) is 0 Å². The van der Waals surface area contributed by atoms with Crippen molar-refractivity contribution < 1.29 is 14.3 Å². The van der Waals surface area contributed by atoms with Crippen molar-refractivity contribution >= 4 is 29.2 Å². The molecular formula is C27H22N4O3. The van der Waals surface area contributed by atoms with Gasteiger partial charge in [0, 0.05) is 5.56 Å². The lowest BCUT2D eigenvalue weighted by molar-refractivity contribution is -0.136. The summed E-state index contributed by atoms with van der Waals surface area (Å²) in [4.78, 5) is 33.1. The van der Waals surface area contributed by atoms with Crippen LogP contribution in [0.2, 0.25) is 0 Å². The van der Waals surface area contributed by atoms with Crippen LogP contribution in [0, 0.1) is 0 Å². The van der Waals surface area contributed by atoms with Gasteiger partial charge < -0.3 is 4.74 Å². The second-order valence-corrected chi connectivity index (χ2v) is 7.85. The maximum Gasteiger partial charge on any atom is 0.338 e. The van der Waals surface area contributed by atoms with E-state index in [4.69, 9.17) is 14.8 Å². The number of carbonyl (C=O) groups excluding carboxylic acids is 2. The second-order valence-electron chi connectivity index (χ2n) is 7.85. The minimum atomic E-state index is -0.638. The molecule has 0 saturated heterocycles. The van der Waals surface area contributed by atoms with Crippen LogP contribution >= 0.6 is 0 Å². The number of anilines is 1. The van der Waals surface area contributed by atoms with E-state index in [1.165, 1.54) is 7.11 Å². The zero-order chi connectivity index (χ0) is 23.7. The number of rotatable bonds is 5. The van der Waals surface area contributed by atoms with Crippen molar-refractivity contribution in [1.29, 1.82) is 0 Å². The molecule has 1 atom stereocenters. The van der Waals surface area contributed by atoms with Crippen molar-refractivity contribution in [2.75, 3.05) is 12.1 Å². The van der Waals surface area contributed by atoms with Crippen LogP contribution in [0.3, 0.4) is 0 Å². The first-order valence-electron chi connectivity index (χ1n) is 10.9. The molecule has 3 aromatic rings. The van der Waals surface area contributed by atoms with Gasteiger partial charge in [-0.3, -0.25) is 9.69 Å². The topological polar surface area (TPSA) is 74.6 Å². The van der Waals surface area contributed by atoms with Gasteiger partial charge in [-0.1, -0.05) is 78.9 Å². The van der Waals surface area contributed by atoms with E-state index in [1.807, 2.05) is 78.9 Å². The summed E-state index contributed by atoms with van der Waals surface area (Å²) in [5.74, 6) is -0.142. The van der Waals surface area contributed by atoms with Crippen LogP contribution in [-0.4, -0.2) is 35.6 Å². The molecular weight excluding hydrogens is 428 g/mol. The number of hydrogen-bond acceptors (Lipinski definition) is 7. The number of benzene rings is 3. The summed E-state index contributed by atoms with van der Waals surface area (Å²) < 4.78 is 5.12. The number of ether oxygens (including phenoxy) is 1. The highest BCUT2D eigenvalue weighted by molar-refractivity contribution is 6.49. The SMILES string of the molecule is COC(=O)C1=C(C)N=C2N(c3ccccc3)N=C(C(=O)c3ccccc3)N2C1c1ccccc1. The molecule has 5 rings (SSSR count). The number of nitrogens with zero attached hydrogens (tertiary/aromatic N) is 4. The molecule has 7 nitrogen and oxygen atoms in total. The molecule has 1 unspecified atom stereocenters. The monoisotopic (exact) mass is 450 g/mol. The van der Waals surface area contributed by atoms with E-state index in [0.717, 1.165) is 11.3 Å². The number of esters is 1. The molecule has 168 valence electrons. The average Bonchev–Trinajstić information content (AvgIpc) is 3.27. The van der Waals surface area contributed by atoms with Crippen molar-refractivity contribution in [3.05, 3.63) is 113 Å². The molecule has 0 radical (unpaired) electrons. The van der Waals surface area contributed by atoms with Crippen LogP contribution in [0.25, 0.3) is 0 Å². The zero-order valence-corrected chi connectivity index (χ0v) is 18.8. The summed E-state index contributed by atoms with van der Waals surface area (Å²) in [6.45, 7) is 1.77. The maximum absolute atomic E-state index is 13.7. The van der Waals surface area contributed by atoms with Gasteiger partial charge in [0.25, 0.3) is 0 Å². The fourth-order valence-corrected chi connectivity index (χ4v) is 4.20. The van der Waals surface area contributed by atoms with Crippen molar-refractivity contribution in [2.24, 2.45) is 10.1 Å². The third-order valence-electron chi connectivity index (χ3n) is 5.78. The standard InChI is InChI=1S/C27H22N4O3/c1-18-22(26(33)34-2)23(19-12-6-3-7-13-19)30-25(24(32)20-14-8-4-9-15-20)29-31(27(30)28-18)21-16-10-5-11-17-21/h3-17,23H,1-2H3. The van der Waals surface area contributed by atoms with Crippen LogP contribution in [0.15, 0.2) is 112 Å². The molecule has 0 aliphatic carbocycles. The summed E-state index contributed by atoms with van der Waals surface area (Å²) in [7, 11) is 1.34. The Balaban J connectivity index is 1.74. The van der Waals surface area contributed by atoms with Crippen LogP contribution in [0.1, 0.15) is 28.9 Å². The molecule has 2 aliphatic rings. The Morgan fingerprint density at radius 2 is 1.44 bits per heavy atom. The zero-order valence-electron chi connectivity index (χ0n) is 18.8. The minimum absolute atomic E-state index is 0.177. The van der Waals surface area contributed by atoms with Gasteiger partial charge in [-0.25, -0.2) is 9.79 Å². The van der Waals surface area contributed by atoms with Crippen molar-refractivity contribution in [1.82, 2.24) is 4.90 Å². The van der Waals surface area contributed by atoms with E-state index in [-0.39, 0.29) is 11.6 Å². The number of ketones is 1. The fourth-order valence-electron chi connectivity index (χ4n) is 4.20.